The molecule has 0 fully saturated rings. The lowest BCUT2D eigenvalue weighted by Crippen LogP contribution is -2.30. The summed E-state index contributed by atoms with van der Waals surface area (Å²) in [4.78, 5) is 16.0. The summed E-state index contributed by atoms with van der Waals surface area (Å²) < 4.78 is 5.64. The molecule has 0 spiro atoms. The van der Waals surface area contributed by atoms with E-state index in [9.17, 15) is 4.79 Å². The van der Waals surface area contributed by atoms with Gasteiger partial charge < -0.3 is 10.1 Å². The smallest absolute Gasteiger partial charge is 0.266 e. The molecule has 20 heavy (non-hydrogen) atoms. The van der Waals surface area contributed by atoms with Gasteiger partial charge in [0.15, 0.2) is 6.10 Å². The van der Waals surface area contributed by atoms with Gasteiger partial charge in [0.2, 0.25) is 0 Å². The van der Waals surface area contributed by atoms with E-state index in [0.29, 0.717) is 16.6 Å². The van der Waals surface area contributed by atoms with Crippen molar-refractivity contribution in [3.05, 3.63) is 53.2 Å². The molecular formula is C15H15ClN2O2. The van der Waals surface area contributed by atoms with E-state index in [2.05, 4.69) is 10.3 Å². The van der Waals surface area contributed by atoms with Crippen LogP contribution in [0.15, 0.2) is 42.6 Å². The highest BCUT2D eigenvalue weighted by Crippen LogP contribution is 2.23. The summed E-state index contributed by atoms with van der Waals surface area (Å²) in [5.74, 6) is 0.886. The molecule has 1 amide bonds. The third-order valence-corrected chi connectivity index (χ3v) is 2.96. The number of aromatic nitrogens is 1. The van der Waals surface area contributed by atoms with Crippen molar-refractivity contribution in [1.29, 1.82) is 0 Å². The first kappa shape index (κ1) is 14.3. The van der Waals surface area contributed by atoms with Crippen molar-refractivity contribution in [3.63, 3.8) is 0 Å². The predicted molar refractivity (Wildman–Crippen MR) is 79.1 cm³/mol. The Morgan fingerprint density at radius 2 is 2.15 bits per heavy atom. The molecular weight excluding hydrogens is 276 g/mol. The van der Waals surface area contributed by atoms with Gasteiger partial charge >= 0.3 is 0 Å². The SMILES string of the molecule is Cc1cc(Cl)ccc1O[C@@H](C)C(=O)Nc1ccccn1. The zero-order valence-corrected chi connectivity index (χ0v) is 12.0. The number of aryl methyl sites for hydroxylation is 1. The van der Waals surface area contributed by atoms with Gasteiger partial charge in [0.05, 0.1) is 0 Å². The third-order valence-electron chi connectivity index (χ3n) is 2.73. The lowest BCUT2D eigenvalue weighted by Gasteiger charge is -2.16. The minimum Gasteiger partial charge on any atom is -0.481 e. The molecule has 1 heterocycles. The first-order chi connectivity index (χ1) is 9.56. The monoisotopic (exact) mass is 290 g/mol. The minimum atomic E-state index is -0.628. The second-order valence-electron chi connectivity index (χ2n) is 4.37. The van der Waals surface area contributed by atoms with Gasteiger partial charge in [0, 0.05) is 11.2 Å². The summed E-state index contributed by atoms with van der Waals surface area (Å²) in [5.41, 5.74) is 0.884. The molecule has 0 aliphatic heterocycles. The molecule has 1 aromatic carbocycles. The molecule has 0 aliphatic carbocycles. The maximum atomic E-state index is 12.0. The second-order valence-corrected chi connectivity index (χ2v) is 4.81. The molecule has 0 aliphatic rings. The van der Waals surface area contributed by atoms with E-state index >= 15 is 0 Å². The molecule has 2 rings (SSSR count). The van der Waals surface area contributed by atoms with Crippen molar-refractivity contribution in [2.75, 3.05) is 5.32 Å². The Morgan fingerprint density at radius 1 is 1.35 bits per heavy atom. The average Bonchev–Trinajstić information content (AvgIpc) is 2.43. The first-order valence-corrected chi connectivity index (χ1v) is 6.59. The Balaban J connectivity index is 2.00. The number of hydrogen-bond acceptors (Lipinski definition) is 3. The van der Waals surface area contributed by atoms with Gasteiger partial charge in [0.1, 0.15) is 11.6 Å². The largest absolute Gasteiger partial charge is 0.481 e. The zero-order valence-electron chi connectivity index (χ0n) is 11.3. The first-order valence-electron chi connectivity index (χ1n) is 6.21. The van der Waals surface area contributed by atoms with Crippen LogP contribution in [0.25, 0.3) is 0 Å². The fourth-order valence-electron chi connectivity index (χ4n) is 1.65. The van der Waals surface area contributed by atoms with Crippen molar-refractivity contribution >= 4 is 23.3 Å². The number of benzene rings is 1. The average molecular weight is 291 g/mol. The highest BCUT2D eigenvalue weighted by Gasteiger charge is 2.16. The Bertz CT molecular complexity index is 602. The molecule has 2 aromatic rings. The maximum absolute atomic E-state index is 12.0. The van der Waals surface area contributed by atoms with Gasteiger partial charge in [-0.1, -0.05) is 17.7 Å². The number of pyridine rings is 1. The number of rotatable bonds is 4. The summed E-state index contributed by atoms with van der Waals surface area (Å²) in [6.07, 6.45) is 0.988. The highest BCUT2D eigenvalue weighted by molar-refractivity contribution is 6.30. The molecule has 1 aromatic heterocycles. The topological polar surface area (TPSA) is 51.2 Å². The van der Waals surface area contributed by atoms with Gasteiger partial charge in [-0.15, -0.1) is 0 Å². The van der Waals surface area contributed by atoms with Crippen LogP contribution in [-0.4, -0.2) is 17.0 Å². The number of amides is 1. The van der Waals surface area contributed by atoms with Gasteiger partial charge in [-0.3, -0.25) is 4.79 Å². The van der Waals surface area contributed by atoms with Crippen LogP contribution in [0.4, 0.5) is 5.82 Å². The van der Waals surface area contributed by atoms with Crippen molar-refractivity contribution in [2.24, 2.45) is 0 Å². The number of ether oxygens (including phenoxy) is 1. The van der Waals surface area contributed by atoms with Gasteiger partial charge in [-0.05, 0) is 49.7 Å². The Hall–Kier alpha value is -2.07. The molecule has 1 N–H and O–H groups in total. The number of halogens is 1. The zero-order chi connectivity index (χ0) is 14.5. The van der Waals surface area contributed by atoms with Crippen LogP contribution >= 0.6 is 11.6 Å². The Morgan fingerprint density at radius 3 is 2.80 bits per heavy atom. The van der Waals surface area contributed by atoms with Gasteiger partial charge in [-0.25, -0.2) is 4.98 Å². The third kappa shape index (κ3) is 3.71. The Kier molecular flexibility index (Phi) is 4.58. The predicted octanol–water partition coefficient (Wildman–Crippen LogP) is 3.45. The van der Waals surface area contributed by atoms with E-state index in [1.807, 2.05) is 6.92 Å². The van der Waals surface area contributed by atoms with Crippen LogP contribution in [0.5, 0.6) is 5.75 Å². The van der Waals surface area contributed by atoms with Crippen molar-refractivity contribution in [2.45, 2.75) is 20.0 Å². The van der Waals surface area contributed by atoms with Crippen LogP contribution in [0.3, 0.4) is 0 Å². The molecule has 0 radical (unpaired) electrons. The van der Waals surface area contributed by atoms with E-state index < -0.39 is 6.10 Å². The lowest BCUT2D eigenvalue weighted by atomic mass is 10.2. The van der Waals surface area contributed by atoms with E-state index in [1.165, 1.54) is 0 Å². The fourth-order valence-corrected chi connectivity index (χ4v) is 1.88. The van der Waals surface area contributed by atoms with Crippen molar-refractivity contribution in [3.8, 4) is 5.75 Å². The molecule has 0 saturated heterocycles. The standard InChI is InChI=1S/C15H15ClN2O2/c1-10-9-12(16)6-7-13(10)20-11(2)15(19)18-14-5-3-4-8-17-14/h3-9,11H,1-2H3,(H,17,18,19)/t11-/m0/s1. The van der Waals surface area contributed by atoms with E-state index in [4.69, 9.17) is 16.3 Å². The molecule has 0 bridgehead atoms. The number of nitrogens with one attached hydrogen (secondary N) is 1. The number of anilines is 1. The van der Waals surface area contributed by atoms with E-state index in [1.54, 1.807) is 49.5 Å². The fraction of sp³-hybridized carbons (Fsp3) is 0.200. The molecule has 0 saturated carbocycles. The molecule has 104 valence electrons. The van der Waals surface area contributed by atoms with E-state index in [-0.39, 0.29) is 5.91 Å². The summed E-state index contributed by atoms with van der Waals surface area (Å²) in [6, 6.07) is 10.6. The number of hydrogen-bond donors (Lipinski definition) is 1. The molecule has 0 unspecified atom stereocenters. The number of nitrogens with zero attached hydrogens (tertiary/aromatic N) is 1. The molecule has 5 heteroatoms. The minimum absolute atomic E-state index is 0.252. The van der Waals surface area contributed by atoms with Crippen molar-refractivity contribution < 1.29 is 9.53 Å². The summed E-state index contributed by atoms with van der Waals surface area (Å²) in [7, 11) is 0. The normalized spacial score (nSPS) is 11.8. The second kappa shape index (κ2) is 6.39. The maximum Gasteiger partial charge on any atom is 0.266 e. The quantitative estimate of drug-likeness (QED) is 0.938. The number of carbonyl (C=O) groups is 1. The Labute approximate surface area is 122 Å². The lowest BCUT2D eigenvalue weighted by molar-refractivity contribution is -0.122. The van der Waals surface area contributed by atoms with Crippen LogP contribution in [-0.2, 0) is 4.79 Å². The van der Waals surface area contributed by atoms with Gasteiger partial charge in [-0.2, -0.15) is 0 Å². The molecule has 1 atom stereocenters. The van der Waals surface area contributed by atoms with Crippen LogP contribution in [0.2, 0.25) is 5.02 Å². The van der Waals surface area contributed by atoms with Crippen LogP contribution in [0, 0.1) is 6.92 Å². The summed E-state index contributed by atoms with van der Waals surface area (Å²) in [6.45, 7) is 3.57. The molecule has 4 nitrogen and oxygen atoms in total. The van der Waals surface area contributed by atoms with Crippen molar-refractivity contribution in [1.82, 2.24) is 4.98 Å². The van der Waals surface area contributed by atoms with Crippen LogP contribution < -0.4 is 10.1 Å². The number of carbonyl (C=O) groups excluding carboxylic acids is 1. The summed E-state index contributed by atoms with van der Waals surface area (Å²) in [5, 5.41) is 3.33. The highest BCUT2D eigenvalue weighted by atomic mass is 35.5. The van der Waals surface area contributed by atoms with Crippen LogP contribution in [0.1, 0.15) is 12.5 Å². The van der Waals surface area contributed by atoms with E-state index in [0.717, 1.165) is 5.56 Å². The van der Waals surface area contributed by atoms with Gasteiger partial charge in [0.25, 0.3) is 5.91 Å². The summed E-state index contributed by atoms with van der Waals surface area (Å²) >= 11 is 5.88.